The molecule has 5 heterocycles. The lowest BCUT2D eigenvalue weighted by molar-refractivity contribution is 0.322. The van der Waals surface area contributed by atoms with E-state index >= 15 is 0 Å². The van der Waals surface area contributed by atoms with Crippen LogP contribution in [0.25, 0.3) is 22.8 Å². The summed E-state index contributed by atoms with van der Waals surface area (Å²) in [6, 6.07) is 2.74. The number of piperidine rings is 1. The lowest BCUT2D eigenvalue weighted by Crippen LogP contribution is -2.33. The summed E-state index contributed by atoms with van der Waals surface area (Å²) in [4.78, 5) is 15.8. The molecule has 10 nitrogen and oxygen atoms in total. The number of anilines is 3. The van der Waals surface area contributed by atoms with Gasteiger partial charge in [0.1, 0.15) is 22.7 Å². The Labute approximate surface area is 271 Å². The second kappa shape index (κ2) is 16.3. The minimum atomic E-state index is 0.421. The minimum absolute atomic E-state index is 0.421. The van der Waals surface area contributed by atoms with Crippen molar-refractivity contribution in [1.29, 1.82) is 10.7 Å². The highest BCUT2D eigenvalue weighted by Gasteiger charge is 2.30. The first-order valence-electron chi connectivity index (χ1n) is 15.9. The van der Waals surface area contributed by atoms with Crippen LogP contribution in [0.5, 0.6) is 0 Å². The summed E-state index contributed by atoms with van der Waals surface area (Å²) in [6.07, 6.45) is 13.2. The predicted molar refractivity (Wildman–Crippen MR) is 186 cm³/mol. The normalized spacial score (nSPS) is 16.8. The van der Waals surface area contributed by atoms with Crippen molar-refractivity contribution in [3.63, 3.8) is 0 Å². The van der Waals surface area contributed by atoms with E-state index in [0.717, 1.165) is 99.4 Å². The average Bonchev–Trinajstić information content (AvgIpc) is 3.75. The van der Waals surface area contributed by atoms with E-state index in [1.54, 1.807) is 6.26 Å². The largest absolute Gasteiger partial charge is 0.389 e. The molecule has 0 aliphatic carbocycles. The SMILES string of the molecule is CCCCc1c(-c2nc(NCC3CCCN3C)c(C=N)c(N3CCCCC3)n2)noc1-c1c(CCC)sc(N)c1C#N.CS. The van der Waals surface area contributed by atoms with Crippen LogP contribution >= 0.6 is 24.0 Å². The van der Waals surface area contributed by atoms with Crippen LogP contribution in [0, 0.1) is 16.7 Å². The zero-order chi connectivity index (χ0) is 31.6. The highest BCUT2D eigenvalue weighted by Crippen LogP contribution is 2.43. The van der Waals surface area contributed by atoms with Gasteiger partial charge in [-0.1, -0.05) is 31.8 Å². The number of nitrogens with one attached hydrogen (secondary N) is 2. The van der Waals surface area contributed by atoms with E-state index in [1.807, 2.05) is 0 Å². The number of aromatic nitrogens is 3. The lowest BCUT2D eigenvalue weighted by atomic mass is 9.98. The summed E-state index contributed by atoms with van der Waals surface area (Å²) < 4.78 is 6.10. The van der Waals surface area contributed by atoms with Crippen LogP contribution in [0.3, 0.4) is 0 Å². The number of hydrogen-bond donors (Lipinski definition) is 4. The first-order chi connectivity index (χ1) is 21.5. The maximum atomic E-state index is 10.0. The second-order valence-electron chi connectivity index (χ2n) is 11.4. The van der Waals surface area contributed by atoms with Crippen molar-refractivity contribution in [2.45, 2.75) is 84.1 Å². The number of aryl methyl sites for hydroxylation is 1. The quantitative estimate of drug-likeness (QED) is 0.127. The highest BCUT2D eigenvalue weighted by atomic mass is 32.1. The Morgan fingerprint density at radius 1 is 1.14 bits per heavy atom. The molecular weight excluding hydrogens is 591 g/mol. The van der Waals surface area contributed by atoms with Gasteiger partial charge in [0.15, 0.2) is 17.3 Å². The summed E-state index contributed by atoms with van der Waals surface area (Å²) in [6.45, 7) is 7.92. The average molecular weight is 638 g/mol. The molecule has 238 valence electrons. The van der Waals surface area contributed by atoms with E-state index in [9.17, 15) is 5.26 Å². The molecular formula is C32H47N9OS2. The summed E-state index contributed by atoms with van der Waals surface area (Å²) in [7, 11) is 2.16. The van der Waals surface area contributed by atoms with Crippen LogP contribution < -0.4 is 16.0 Å². The van der Waals surface area contributed by atoms with Crippen LogP contribution in [-0.2, 0) is 12.8 Å². The molecule has 1 unspecified atom stereocenters. The molecule has 44 heavy (non-hydrogen) atoms. The molecule has 1 atom stereocenters. The van der Waals surface area contributed by atoms with Crippen molar-refractivity contribution in [3.05, 3.63) is 21.6 Å². The van der Waals surface area contributed by atoms with Gasteiger partial charge < -0.3 is 30.8 Å². The van der Waals surface area contributed by atoms with Gasteiger partial charge in [0, 0.05) is 42.3 Å². The van der Waals surface area contributed by atoms with Crippen LogP contribution in [0.4, 0.5) is 16.6 Å². The standard InChI is InChI=1S/C31H43N9OS.CH4S/c1-4-6-13-21-26(38-41-27(21)25-22(17-32)28(34)42-24(25)11-5-2)30-36-29(35-19-20-12-10-14-39(20)3)23(18-33)31(37-30)40-15-8-7-9-16-40;1-2/h18,20,33H,4-16,19,34H2,1-3H3,(H,35,36,37);2H,1H3. The smallest absolute Gasteiger partial charge is 0.186 e. The molecule has 0 bridgehead atoms. The number of rotatable bonds is 12. The molecule has 3 aromatic rings. The second-order valence-corrected chi connectivity index (χ2v) is 12.6. The zero-order valence-electron chi connectivity index (χ0n) is 26.6. The molecule has 2 aliphatic heterocycles. The topological polar surface area (TPSA) is 144 Å². The number of nitrogens with zero attached hydrogens (tertiary/aromatic N) is 6. The van der Waals surface area contributed by atoms with Crippen molar-refractivity contribution >= 4 is 46.8 Å². The first-order valence-corrected chi connectivity index (χ1v) is 17.6. The molecule has 12 heteroatoms. The summed E-state index contributed by atoms with van der Waals surface area (Å²) in [5.74, 6) is 2.52. The minimum Gasteiger partial charge on any atom is -0.389 e. The van der Waals surface area contributed by atoms with E-state index in [2.05, 4.69) is 59.9 Å². The molecule has 5 rings (SSSR count). The van der Waals surface area contributed by atoms with Gasteiger partial charge in [-0.2, -0.15) is 17.9 Å². The van der Waals surface area contributed by atoms with E-state index < -0.39 is 0 Å². The monoisotopic (exact) mass is 637 g/mol. The number of likely N-dealkylation sites (tertiary alicyclic amines) is 1. The summed E-state index contributed by atoms with van der Waals surface area (Å²) in [5.41, 5.74) is 9.76. The molecule has 0 saturated carbocycles. The fourth-order valence-electron chi connectivity index (χ4n) is 6.15. The van der Waals surface area contributed by atoms with Crippen molar-refractivity contribution < 1.29 is 4.52 Å². The number of likely N-dealkylation sites (N-methyl/N-ethyl adjacent to an activating group) is 1. The van der Waals surface area contributed by atoms with Crippen molar-refractivity contribution in [2.75, 3.05) is 55.4 Å². The number of nitriles is 1. The maximum Gasteiger partial charge on any atom is 0.186 e. The Hall–Kier alpha value is -3.14. The molecule has 3 aromatic heterocycles. The van der Waals surface area contributed by atoms with Crippen molar-refractivity contribution in [1.82, 2.24) is 20.0 Å². The Bertz CT molecular complexity index is 1440. The van der Waals surface area contributed by atoms with Gasteiger partial charge in [0.05, 0.1) is 16.7 Å². The maximum absolute atomic E-state index is 10.0. The van der Waals surface area contributed by atoms with Crippen LogP contribution in [0.15, 0.2) is 4.52 Å². The first kappa shape index (κ1) is 33.7. The van der Waals surface area contributed by atoms with E-state index in [4.69, 9.17) is 25.6 Å². The molecule has 4 N–H and O–H groups in total. The molecule has 0 radical (unpaired) electrons. The number of hydrogen-bond acceptors (Lipinski definition) is 12. The Kier molecular flexibility index (Phi) is 12.5. The molecule has 0 spiro atoms. The number of thiophene rings is 1. The van der Waals surface area contributed by atoms with Crippen molar-refractivity contribution in [2.24, 2.45) is 0 Å². The van der Waals surface area contributed by atoms with Gasteiger partial charge in [-0.25, -0.2) is 9.97 Å². The third-order valence-corrected chi connectivity index (χ3v) is 9.59. The van der Waals surface area contributed by atoms with E-state index in [-0.39, 0.29) is 0 Å². The fourth-order valence-corrected chi connectivity index (χ4v) is 7.27. The van der Waals surface area contributed by atoms with E-state index in [1.165, 1.54) is 30.4 Å². The van der Waals surface area contributed by atoms with Gasteiger partial charge in [-0.15, -0.1) is 11.3 Å². The van der Waals surface area contributed by atoms with E-state index in [0.29, 0.717) is 45.3 Å². The third-order valence-electron chi connectivity index (χ3n) is 8.51. The Morgan fingerprint density at radius 2 is 1.91 bits per heavy atom. The molecule has 2 saturated heterocycles. The number of unbranched alkanes of at least 4 members (excludes halogenated alkanes) is 1. The van der Waals surface area contributed by atoms with Gasteiger partial charge in [0.25, 0.3) is 0 Å². The summed E-state index contributed by atoms with van der Waals surface area (Å²) in [5, 5.41) is 27.1. The van der Waals surface area contributed by atoms with Crippen LogP contribution in [0.2, 0.25) is 0 Å². The van der Waals surface area contributed by atoms with Crippen LogP contribution in [0.1, 0.15) is 86.8 Å². The molecule has 0 aromatic carbocycles. The zero-order valence-corrected chi connectivity index (χ0v) is 28.3. The summed E-state index contributed by atoms with van der Waals surface area (Å²) >= 11 is 4.99. The highest BCUT2D eigenvalue weighted by molar-refractivity contribution is 7.79. The Balaban J connectivity index is 0.00000216. The molecule has 2 aliphatic rings. The van der Waals surface area contributed by atoms with Gasteiger partial charge in [-0.3, -0.25) is 0 Å². The van der Waals surface area contributed by atoms with Gasteiger partial charge in [0.2, 0.25) is 0 Å². The number of nitrogen functional groups attached to an aromatic ring is 1. The third kappa shape index (κ3) is 7.22. The van der Waals surface area contributed by atoms with Crippen LogP contribution in [-0.4, -0.2) is 71.8 Å². The van der Waals surface area contributed by atoms with Gasteiger partial charge >= 0.3 is 0 Å². The molecule has 2 fully saturated rings. The van der Waals surface area contributed by atoms with Gasteiger partial charge in [-0.05, 0) is 71.2 Å². The Morgan fingerprint density at radius 3 is 2.55 bits per heavy atom. The fraction of sp³-hybridized carbons (Fsp3) is 0.594. The molecule has 0 amide bonds. The number of nitrogens with two attached hydrogens (primary N) is 1. The van der Waals surface area contributed by atoms with Crippen molar-refractivity contribution in [3.8, 4) is 28.9 Å². The predicted octanol–water partition coefficient (Wildman–Crippen LogP) is 6.65. The lowest BCUT2D eigenvalue weighted by Gasteiger charge is -2.30. The number of thiol groups is 1.